The maximum Gasteiger partial charge on any atom is 0.375 e. The lowest BCUT2D eigenvalue weighted by Crippen LogP contribution is -2.70. The van der Waals surface area contributed by atoms with E-state index in [4.69, 9.17) is 20.8 Å². The first-order valence-electron chi connectivity index (χ1n) is 12.3. The Bertz CT molecular complexity index is 1200. The zero-order valence-electron chi connectivity index (χ0n) is 20.7. The van der Waals surface area contributed by atoms with Gasteiger partial charge in [0.2, 0.25) is 10.9 Å². The zero-order chi connectivity index (χ0) is 27.0. The van der Waals surface area contributed by atoms with Crippen LogP contribution in [0.2, 0.25) is 0 Å². The van der Waals surface area contributed by atoms with Gasteiger partial charge in [0.05, 0.1) is 17.2 Å². The van der Waals surface area contributed by atoms with Crippen molar-refractivity contribution in [2.75, 3.05) is 6.01 Å². The number of allylic oxidation sites excluding steroid dienone is 4. The van der Waals surface area contributed by atoms with Gasteiger partial charge in [-0.2, -0.15) is 0 Å². The van der Waals surface area contributed by atoms with E-state index in [9.17, 15) is 23.9 Å². The summed E-state index contributed by atoms with van der Waals surface area (Å²) in [5.41, 5.74) is -3.90. The normalized spacial score (nSPS) is 44.5. The third-order valence-corrected chi connectivity index (χ3v) is 11.2. The van der Waals surface area contributed by atoms with Crippen molar-refractivity contribution in [3.63, 3.8) is 0 Å². The molecule has 4 aliphatic rings. The van der Waals surface area contributed by atoms with E-state index in [1.54, 1.807) is 26.8 Å². The Morgan fingerprint density at radius 1 is 1.30 bits per heavy atom. The van der Waals surface area contributed by atoms with E-state index in [0.717, 1.165) is 0 Å². The van der Waals surface area contributed by atoms with Crippen molar-refractivity contribution in [3.05, 3.63) is 48.0 Å². The topological polar surface area (TPSA) is 93.8 Å². The van der Waals surface area contributed by atoms with Gasteiger partial charge in [-0.25, -0.2) is 13.6 Å². The van der Waals surface area contributed by atoms with E-state index in [0.29, 0.717) is 18.2 Å². The number of furan rings is 1. The predicted molar refractivity (Wildman–Crippen MR) is 133 cm³/mol. The lowest BCUT2D eigenvalue weighted by molar-refractivity contribution is -0.173. The molecular formula is C27H29ClF2O6S. The molecule has 0 bridgehead atoms. The Morgan fingerprint density at radius 2 is 2.03 bits per heavy atom. The van der Waals surface area contributed by atoms with Crippen molar-refractivity contribution in [1.29, 1.82) is 0 Å². The third kappa shape index (κ3) is 3.35. The molecule has 0 aromatic carbocycles. The van der Waals surface area contributed by atoms with Gasteiger partial charge in [0.15, 0.2) is 11.4 Å². The molecule has 6 nitrogen and oxygen atoms in total. The first-order valence-corrected chi connectivity index (χ1v) is 13.7. The highest BCUT2D eigenvalue weighted by Gasteiger charge is 2.77. The molecule has 1 aromatic heterocycles. The largest absolute Gasteiger partial charge is 0.457 e. The van der Waals surface area contributed by atoms with Crippen LogP contribution in [-0.2, 0) is 14.3 Å². The van der Waals surface area contributed by atoms with Gasteiger partial charge in [0.25, 0.3) is 0 Å². The molecule has 5 rings (SSSR count). The molecule has 3 fully saturated rings. The van der Waals surface area contributed by atoms with Crippen molar-refractivity contribution < 1.29 is 37.4 Å². The monoisotopic (exact) mass is 554 g/mol. The molecule has 0 aliphatic heterocycles. The fraction of sp³-hybridized carbons (Fsp3) is 0.593. The Morgan fingerprint density at radius 3 is 2.68 bits per heavy atom. The molecule has 1 aromatic rings. The zero-order valence-corrected chi connectivity index (χ0v) is 22.3. The second kappa shape index (κ2) is 8.78. The first-order chi connectivity index (χ1) is 17.4. The molecule has 0 amide bonds. The number of ether oxygens (including phenoxy) is 1. The Hall–Kier alpha value is -1.97. The molecule has 3 saturated carbocycles. The van der Waals surface area contributed by atoms with E-state index >= 15 is 4.39 Å². The van der Waals surface area contributed by atoms with Gasteiger partial charge in [0.1, 0.15) is 12.2 Å². The first kappa shape index (κ1) is 26.6. The molecule has 4 aliphatic carbocycles. The highest BCUT2D eigenvalue weighted by Crippen LogP contribution is 2.72. The van der Waals surface area contributed by atoms with Crippen LogP contribution in [0.3, 0.4) is 0 Å². The summed E-state index contributed by atoms with van der Waals surface area (Å²) in [6.07, 6.45) is 2.97. The minimum absolute atomic E-state index is 0.0480. The van der Waals surface area contributed by atoms with E-state index in [2.05, 4.69) is 0 Å². The van der Waals surface area contributed by atoms with Crippen LogP contribution in [-0.4, -0.2) is 50.7 Å². The number of aliphatic hydroxyl groups excluding tert-OH is 1. The highest BCUT2D eigenvalue weighted by atomic mass is 35.5. The average Bonchev–Trinajstić information content (AvgIpc) is 3.45. The van der Waals surface area contributed by atoms with Crippen LogP contribution in [0.15, 0.2) is 46.6 Å². The van der Waals surface area contributed by atoms with Crippen LogP contribution < -0.4 is 0 Å². The minimum atomic E-state index is -1.81. The van der Waals surface area contributed by atoms with Crippen LogP contribution in [0.1, 0.15) is 50.6 Å². The quantitative estimate of drug-likeness (QED) is 0.404. The van der Waals surface area contributed by atoms with Gasteiger partial charge >= 0.3 is 5.97 Å². The molecule has 10 heteroatoms. The Balaban J connectivity index is 1.64. The second-order valence-electron chi connectivity index (χ2n) is 11.1. The van der Waals surface area contributed by atoms with E-state index in [1.165, 1.54) is 30.5 Å². The molecule has 9 atom stereocenters. The molecular weight excluding hydrogens is 526 g/mol. The van der Waals surface area contributed by atoms with E-state index in [1.807, 2.05) is 0 Å². The molecule has 1 N–H and O–H groups in total. The Labute approximate surface area is 222 Å². The van der Waals surface area contributed by atoms with Gasteiger partial charge in [-0.1, -0.05) is 26.8 Å². The molecule has 200 valence electrons. The number of aliphatic hydroxyl groups is 1. The third-order valence-electron chi connectivity index (χ3n) is 9.63. The molecule has 37 heavy (non-hydrogen) atoms. The summed E-state index contributed by atoms with van der Waals surface area (Å²) in [6.45, 7) is 5.22. The number of hydrogen-bond donors (Lipinski definition) is 1. The van der Waals surface area contributed by atoms with Crippen molar-refractivity contribution in [2.24, 2.45) is 28.6 Å². The average molecular weight is 555 g/mol. The van der Waals surface area contributed by atoms with Crippen LogP contribution in [0.4, 0.5) is 8.78 Å². The lowest BCUT2D eigenvalue weighted by Gasteiger charge is -2.64. The van der Waals surface area contributed by atoms with Crippen molar-refractivity contribution in [1.82, 2.24) is 0 Å². The van der Waals surface area contributed by atoms with Crippen LogP contribution in [0.5, 0.6) is 0 Å². The van der Waals surface area contributed by atoms with Gasteiger partial charge in [0, 0.05) is 16.7 Å². The number of ketones is 1. The number of fused-ring (bicyclic) bond motifs is 5. The number of rotatable bonds is 4. The SMILES string of the molecule is C[C@@H]1C[C@H]2[C@@H]3C[C@H](F)C4=CC(=O)C=C[C@]4(C)[C@@]3(Cl)[C@@H](O)C[C@]2(C)[C@@]1(OC(=O)c1ccco1)C(=O)SCF. The summed E-state index contributed by atoms with van der Waals surface area (Å²) in [5.74, 6) is -2.98. The number of carbonyl (C=O) groups is 3. The van der Waals surface area contributed by atoms with E-state index < -0.39 is 68.4 Å². The van der Waals surface area contributed by atoms with E-state index in [-0.39, 0.29) is 30.0 Å². The minimum Gasteiger partial charge on any atom is -0.457 e. The molecule has 0 unspecified atom stereocenters. The fourth-order valence-corrected chi connectivity index (χ4v) is 9.25. The summed E-state index contributed by atoms with van der Waals surface area (Å²) in [4.78, 5) is 37.5. The van der Waals surface area contributed by atoms with Gasteiger partial charge < -0.3 is 14.3 Å². The maximum atomic E-state index is 15.7. The highest BCUT2D eigenvalue weighted by molar-refractivity contribution is 8.13. The number of thioether (sulfide) groups is 1. The van der Waals surface area contributed by atoms with Gasteiger partial charge in [-0.05, 0) is 72.7 Å². The predicted octanol–water partition coefficient (Wildman–Crippen LogP) is 5.20. The van der Waals surface area contributed by atoms with Crippen LogP contribution in [0.25, 0.3) is 0 Å². The summed E-state index contributed by atoms with van der Waals surface area (Å²) < 4.78 is 40.4. The summed E-state index contributed by atoms with van der Waals surface area (Å²) in [5, 5.41) is 11.1. The number of esters is 1. The van der Waals surface area contributed by atoms with Crippen LogP contribution in [0, 0.1) is 28.6 Å². The van der Waals surface area contributed by atoms with Gasteiger partial charge in [-0.15, -0.1) is 11.6 Å². The van der Waals surface area contributed by atoms with Gasteiger partial charge in [-0.3, -0.25) is 9.59 Å². The maximum absolute atomic E-state index is 15.7. The van der Waals surface area contributed by atoms with Crippen LogP contribution >= 0.6 is 23.4 Å². The number of halogens is 3. The smallest absolute Gasteiger partial charge is 0.375 e. The number of hydrogen-bond acceptors (Lipinski definition) is 7. The Kier molecular flexibility index (Phi) is 6.32. The summed E-state index contributed by atoms with van der Waals surface area (Å²) in [7, 11) is 0. The summed E-state index contributed by atoms with van der Waals surface area (Å²) >= 11 is 7.77. The number of carbonyl (C=O) groups excluding carboxylic acids is 3. The van der Waals surface area contributed by atoms with Crippen molar-refractivity contribution >= 4 is 40.2 Å². The molecule has 1 heterocycles. The summed E-state index contributed by atoms with van der Waals surface area (Å²) in [6, 6.07) is 1.89. The molecule has 0 radical (unpaired) electrons. The number of alkyl halides is 3. The lowest BCUT2D eigenvalue weighted by atomic mass is 9.45. The second-order valence-corrected chi connectivity index (χ2v) is 12.6. The molecule has 0 saturated heterocycles. The van der Waals surface area contributed by atoms with Crippen molar-refractivity contribution in [2.45, 2.75) is 62.8 Å². The van der Waals surface area contributed by atoms with Crippen molar-refractivity contribution in [3.8, 4) is 0 Å². The standard InChI is InChI=1S/C27H29ClF2O6S/c1-14-9-16-17-11-19(30)18-10-15(31)6-7-24(18,2)26(17,28)21(32)12-25(16,3)27(14,23(34)37-13-29)36-22(33)20-5-4-8-35-20/h4-8,10,14,16-17,19,21,32H,9,11-13H2,1-3H3/t14-,16+,17+,19+,21+,24+,25+,26+,27+/m1/s1. The fourth-order valence-electron chi connectivity index (χ4n) is 7.97. The molecule has 0 spiro atoms.